The molecule has 0 aliphatic carbocycles. The summed E-state index contributed by atoms with van der Waals surface area (Å²) in [5.41, 5.74) is 3.74. The Morgan fingerprint density at radius 3 is 2.69 bits per heavy atom. The third-order valence-electron chi connectivity index (χ3n) is 5.21. The third kappa shape index (κ3) is 5.12. The van der Waals surface area contributed by atoms with Crippen molar-refractivity contribution < 1.29 is 32.3 Å². The van der Waals surface area contributed by atoms with Gasteiger partial charge >= 0.3 is 5.92 Å². The lowest BCUT2D eigenvalue weighted by Gasteiger charge is -2.33. The van der Waals surface area contributed by atoms with Crippen molar-refractivity contribution in [3.05, 3.63) is 77.6 Å². The number of rotatable bonds is 9. The molecule has 1 fully saturated rings. The van der Waals surface area contributed by atoms with Gasteiger partial charge in [-0.05, 0) is 47.9 Å². The molecule has 0 radical (unpaired) electrons. The minimum Gasteiger partial charge on any atom is -0.484 e. The zero-order valence-electron chi connectivity index (χ0n) is 17.8. The van der Waals surface area contributed by atoms with Crippen LogP contribution in [0.4, 0.5) is 13.2 Å². The van der Waals surface area contributed by atoms with Crippen molar-refractivity contribution in [2.75, 3.05) is 13.7 Å². The predicted molar refractivity (Wildman–Crippen MR) is 111 cm³/mol. The summed E-state index contributed by atoms with van der Waals surface area (Å²) < 4.78 is 52.5. The number of carbonyl (C=O) groups is 1. The molecule has 172 valence electrons. The number of hydrogen-bond acceptors (Lipinski definition) is 5. The lowest BCUT2D eigenvalue weighted by Crippen LogP contribution is -2.50. The Morgan fingerprint density at radius 1 is 1.31 bits per heavy atom. The molecule has 1 amide bonds. The van der Waals surface area contributed by atoms with Gasteiger partial charge < -0.3 is 14.8 Å². The second kappa shape index (κ2) is 9.72. The normalized spacial score (nSPS) is 20.7. The highest BCUT2D eigenvalue weighted by Crippen LogP contribution is 2.46. The highest BCUT2D eigenvalue weighted by molar-refractivity contribution is 5.77. The molecule has 1 aliphatic heterocycles. The van der Waals surface area contributed by atoms with Crippen molar-refractivity contribution in [3.63, 3.8) is 0 Å². The molecule has 1 saturated heterocycles. The monoisotopic (exact) mass is 450 g/mol. The summed E-state index contributed by atoms with van der Waals surface area (Å²) >= 11 is 0. The quantitative estimate of drug-likeness (QED) is 0.565. The molecule has 0 bridgehead atoms. The second-order valence-electron chi connectivity index (χ2n) is 7.55. The van der Waals surface area contributed by atoms with Crippen molar-refractivity contribution in [2.24, 2.45) is 0 Å². The van der Waals surface area contributed by atoms with E-state index in [1.165, 1.54) is 38.3 Å². The van der Waals surface area contributed by atoms with E-state index in [9.17, 15) is 18.0 Å². The van der Waals surface area contributed by atoms with E-state index in [2.05, 4.69) is 17.4 Å². The predicted octanol–water partition coefficient (Wildman–Crippen LogP) is 4.04. The molecule has 2 aromatic rings. The molecule has 0 spiro atoms. The van der Waals surface area contributed by atoms with Crippen LogP contribution in [0.25, 0.3) is 0 Å². The Kier molecular flexibility index (Phi) is 7.22. The molecule has 2 N–H and O–H groups in total. The third-order valence-corrected chi connectivity index (χ3v) is 5.21. The van der Waals surface area contributed by atoms with Gasteiger partial charge in [0.1, 0.15) is 11.6 Å². The summed E-state index contributed by atoms with van der Waals surface area (Å²) in [7, 11) is 1.17. The Balaban J connectivity index is 1.58. The van der Waals surface area contributed by atoms with E-state index in [0.29, 0.717) is 11.3 Å². The summed E-state index contributed by atoms with van der Waals surface area (Å²) in [6, 6.07) is 11.9. The van der Waals surface area contributed by atoms with Gasteiger partial charge in [-0.25, -0.2) is 4.39 Å². The van der Waals surface area contributed by atoms with E-state index in [4.69, 9.17) is 14.3 Å². The van der Waals surface area contributed by atoms with Crippen LogP contribution in [0.15, 0.2) is 60.7 Å². The molecular formula is C23H25F3N2O4. The molecule has 1 aliphatic rings. The second-order valence-corrected chi connectivity index (χ2v) is 7.55. The summed E-state index contributed by atoms with van der Waals surface area (Å²) in [5, 5.41) is 2.72. The lowest BCUT2D eigenvalue weighted by molar-refractivity contribution is -0.311. The molecular weight excluding hydrogens is 425 g/mol. The van der Waals surface area contributed by atoms with Gasteiger partial charge in [0.15, 0.2) is 6.61 Å². The molecule has 3 rings (SSSR count). The maximum atomic E-state index is 14.6. The highest BCUT2D eigenvalue weighted by Gasteiger charge is 2.61. The van der Waals surface area contributed by atoms with Gasteiger partial charge in [0, 0.05) is 20.1 Å². The van der Waals surface area contributed by atoms with Crippen LogP contribution in [0.3, 0.4) is 0 Å². The van der Waals surface area contributed by atoms with Crippen LogP contribution in [-0.4, -0.2) is 31.3 Å². The summed E-state index contributed by atoms with van der Waals surface area (Å²) in [6.07, 6.45) is -0.134. The van der Waals surface area contributed by atoms with Crippen LogP contribution in [-0.2, 0) is 20.9 Å². The number of benzene rings is 2. The Morgan fingerprint density at radius 2 is 2.03 bits per heavy atom. The van der Waals surface area contributed by atoms with Crippen LogP contribution in [0.2, 0.25) is 0 Å². The number of hydroxylamine groups is 1. The molecule has 0 aromatic heterocycles. The first-order chi connectivity index (χ1) is 15.2. The summed E-state index contributed by atoms with van der Waals surface area (Å²) in [5.74, 6) is -5.93. The van der Waals surface area contributed by atoms with Gasteiger partial charge in [0.25, 0.3) is 11.7 Å². The average Bonchev–Trinajstić information content (AvgIpc) is 3.24. The average molecular weight is 450 g/mol. The number of alkyl halides is 2. The van der Waals surface area contributed by atoms with Crippen molar-refractivity contribution >= 4 is 5.91 Å². The largest absolute Gasteiger partial charge is 0.484 e. The van der Waals surface area contributed by atoms with Gasteiger partial charge in [-0.2, -0.15) is 14.3 Å². The Hall–Kier alpha value is -2.88. The van der Waals surface area contributed by atoms with Gasteiger partial charge in [0.2, 0.25) is 0 Å². The molecule has 2 unspecified atom stereocenters. The van der Waals surface area contributed by atoms with Gasteiger partial charge in [-0.1, -0.05) is 30.8 Å². The van der Waals surface area contributed by atoms with Gasteiger partial charge in [-0.3, -0.25) is 9.63 Å². The van der Waals surface area contributed by atoms with E-state index in [1.54, 1.807) is 24.3 Å². The molecule has 2 aromatic carbocycles. The fraction of sp³-hybridized carbons (Fsp3) is 0.348. The fourth-order valence-electron chi connectivity index (χ4n) is 3.33. The number of nitrogens with one attached hydrogen (secondary N) is 2. The number of carbonyl (C=O) groups excluding carboxylic acids is 1. The molecule has 1 heterocycles. The molecule has 6 nitrogen and oxygen atoms in total. The van der Waals surface area contributed by atoms with E-state index in [1.807, 2.05) is 0 Å². The molecule has 9 heteroatoms. The number of methoxy groups -OCH3 is 1. The van der Waals surface area contributed by atoms with Crippen LogP contribution < -0.4 is 15.5 Å². The first-order valence-corrected chi connectivity index (χ1v) is 9.93. The number of amides is 1. The van der Waals surface area contributed by atoms with E-state index in [-0.39, 0.29) is 31.1 Å². The number of halogens is 3. The fourth-order valence-corrected chi connectivity index (χ4v) is 3.33. The first kappa shape index (κ1) is 23.8. The Bertz CT molecular complexity index is 968. The molecule has 32 heavy (non-hydrogen) atoms. The van der Waals surface area contributed by atoms with E-state index >= 15 is 0 Å². The van der Waals surface area contributed by atoms with Crippen LogP contribution >= 0.6 is 0 Å². The zero-order chi connectivity index (χ0) is 23.4. The van der Waals surface area contributed by atoms with Crippen molar-refractivity contribution in [1.82, 2.24) is 10.8 Å². The van der Waals surface area contributed by atoms with Gasteiger partial charge in [-0.15, -0.1) is 0 Å². The van der Waals surface area contributed by atoms with Crippen LogP contribution in [0.5, 0.6) is 5.75 Å². The SMILES string of the molecule is C=C(C)C(F)(F)C1(OC)CC(c2cccc(CNC(=O)COc3ccc(F)cc3)c2)NO1. The van der Waals surface area contributed by atoms with Gasteiger partial charge in [0.05, 0.1) is 6.04 Å². The topological polar surface area (TPSA) is 68.8 Å². The molecule has 0 saturated carbocycles. The maximum absolute atomic E-state index is 14.6. The van der Waals surface area contributed by atoms with Crippen molar-refractivity contribution in [3.8, 4) is 5.75 Å². The zero-order valence-corrected chi connectivity index (χ0v) is 17.8. The standard InChI is InChI=1S/C23H25F3N2O4/c1-15(2)23(25,26)22(30-3)12-20(28-32-22)17-6-4-5-16(11-17)13-27-21(29)14-31-19-9-7-18(24)8-10-19/h4-11,20,28H,1,12-14H2,2-3H3,(H,27,29). The van der Waals surface area contributed by atoms with Crippen LogP contribution in [0, 0.1) is 5.82 Å². The summed E-state index contributed by atoms with van der Waals surface area (Å²) in [6.45, 7) is 4.56. The summed E-state index contributed by atoms with van der Waals surface area (Å²) in [4.78, 5) is 17.3. The highest BCUT2D eigenvalue weighted by atomic mass is 19.3. The first-order valence-electron chi connectivity index (χ1n) is 9.93. The van der Waals surface area contributed by atoms with Crippen molar-refractivity contribution in [2.45, 2.75) is 37.6 Å². The lowest BCUT2D eigenvalue weighted by atomic mass is 9.93. The maximum Gasteiger partial charge on any atom is 0.323 e. The number of ether oxygens (including phenoxy) is 2. The van der Waals surface area contributed by atoms with E-state index < -0.39 is 23.6 Å². The van der Waals surface area contributed by atoms with E-state index in [0.717, 1.165) is 5.56 Å². The Labute approximate surface area is 184 Å². The molecule has 2 atom stereocenters. The minimum absolute atomic E-state index is 0.134. The smallest absolute Gasteiger partial charge is 0.323 e. The van der Waals surface area contributed by atoms with Crippen molar-refractivity contribution in [1.29, 1.82) is 0 Å². The van der Waals surface area contributed by atoms with Crippen LogP contribution in [0.1, 0.15) is 30.5 Å². The minimum atomic E-state index is -3.39. The number of hydrogen-bond donors (Lipinski definition) is 2.